The van der Waals surface area contributed by atoms with Crippen molar-refractivity contribution in [2.45, 2.75) is 39.2 Å². The van der Waals surface area contributed by atoms with Gasteiger partial charge in [0.1, 0.15) is 11.6 Å². The Bertz CT molecular complexity index is 2960. The lowest BCUT2D eigenvalue weighted by Gasteiger charge is -2.41. The van der Waals surface area contributed by atoms with E-state index in [2.05, 4.69) is 106 Å². The molecule has 0 saturated heterocycles. The van der Waals surface area contributed by atoms with E-state index in [4.69, 9.17) is 9.97 Å². The van der Waals surface area contributed by atoms with Crippen LogP contribution in [-0.2, 0) is 14.1 Å². The first-order valence-corrected chi connectivity index (χ1v) is 22.3. The first-order valence-electron chi connectivity index (χ1n) is 19.0. The minimum atomic E-state index is 0.0326. The third kappa shape index (κ3) is 4.80. The second-order valence-corrected chi connectivity index (χ2v) is 19.2. The zero-order valence-electron chi connectivity index (χ0n) is 31.1. The lowest BCUT2D eigenvalue weighted by atomic mass is 9.34. The summed E-state index contributed by atoms with van der Waals surface area (Å²) in [5, 5.41) is 9.27. The van der Waals surface area contributed by atoms with Crippen LogP contribution in [0, 0.1) is 0 Å². The number of rotatable bonds is 4. The third-order valence-corrected chi connectivity index (χ3v) is 16.9. The Labute approximate surface area is 351 Å². The van der Waals surface area contributed by atoms with Crippen molar-refractivity contribution < 1.29 is 0 Å². The molecule has 0 unspecified atom stereocenters. The van der Waals surface area contributed by atoms with Crippen molar-refractivity contribution in [3.05, 3.63) is 135 Å². The number of hydrogen-bond donors (Lipinski definition) is 0. The van der Waals surface area contributed by atoms with Gasteiger partial charge in [-0.25, -0.2) is 19.3 Å². The molecule has 0 aliphatic carbocycles. The van der Waals surface area contributed by atoms with Gasteiger partial charge in [0.25, 0.3) is 0 Å². The molecule has 0 N–H and O–H groups in total. The predicted molar refractivity (Wildman–Crippen MR) is 237 cm³/mol. The van der Waals surface area contributed by atoms with E-state index in [0.717, 1.165) is 34.2 Å². The fourth-order valence-electron chi connectivity index (χ4n) is 9.16. The van der Waals surface area contributed by atoms with Gasteiger partial charge in [0.05, 0.1) is 11.4 Å². The van der Waals surface area contributed by atoms with Gasteiger partial charge in [-0.2, -0.15) is 10.2 Å². The summed E-state index contributed by atoms with van der Waals surface area (Å²) in [5.41, 5.74) is 12.5. The maximum Gasteiger partial charge on any atom is 0.247 e. The van der Waals surface area contributed by atoms with Gasteiger partial charge in [-0.05, 0) is 71.6 Å². The van der Waals surface area contributed by atoms with E-state index in [-0.39, 0.29) is 13.4 Å². The number of aromatic nitrogens is 8. The topological polar surface area (TPSA) is 71.3 Å². The largest absolute Gasteiger partial charge is 0.334 e. The minimum Gasteiger partial charge on any atom is -0.334 e. The van der Waals surface area contributed by atoms with Crippen LogP contribution in [-0.4, -0.2) is 52.1 Å². The monoisotopic (exact) mass is 818 g/mol. The van der Waals surface area contributed by atoms with Crippen LogP contribution < -0.4 is 32.8 Å². The highest BCUT2D eigenvalue weighted by Gasteiger charge is 2.47. The Morgan fingerprint density at radius 1 is 0.448 bits per heavy atom. The van der Waals surface area contributed by atoms with Crippen LogP contribution in [0.15, 0.2) is 174 Å². The number of fused-ring (bicyclic) bond motifs is 10. The van der Waals surface area contributed by atoms with Crippen LogP contribution in [0.3, 0.4) is 0 Å². The van der Waals surface area contributed by atoms with E-state index >= 15 is 0 Å². The molecule has 4 aliphatic rings. The lowest BCUT2D eigenvalue weighted by molar-refractivity contribution is 0.880. The third-order valence-electron chi connectivity index (χ3n) is 11.8. The number of benzene rings is 5. The summed E-state index contributed by atoms with van der Waals surface area (Å²) in [6, 6.07) is 31.7. The van der Waals surface area contributed by atoms with Gasteiger partial charge < -0.3 is 9.13 Å². The van der Waals surface area contributed by atoms with Crippen LogP contribution >= 0.6 is 47.0 Å². The van der Waals surface area contributed by atoms with E-state index in [0.29, 0.717) is 0 Å². The summed E-state index contributed by atoms with van der Waals surface area (Å²) in [7, 11) is 4.14. The fourth-order valence-corrected chi connectivity index (χ4v) is 14.5. The van der Waals surface area contributed by atoms with Crippen LogP contribution in [0.2, 0.25) is 0 Å². The maximum absolute atomic E-state index is 4.77. The molecule has 13 rings (SSSR count). The number of hydrogen-bond acceptors (Lipinski definition) is 8. The van der Waals surface area contributed by atoms with Gasteiger partial charge in [0.2, 0.25) is 13.4 Å². The summed E-state index contributed by atoms with van der Waals surface area (Å²) >= 11 is 7.76. The highest BCUT2D eigenvalue weighted by atomic mass is 32.2. The summed E-state index contributed by atoms with van der Waals surface area (Å²) < 4.78 is 8.16. The molecule has 0 atom stereocenters. The van der Waals surface area contributed by atoms with Crippen molar-refractivity contribution >= 4 is 93.2 Å². The molecule has 5 aromatic carbocycles. The van der Waals surface area contributed by atoms with E-state index in [9.17, 15) is 0 Å². The predicted octanol–water partition coefficient (Wildman–Crippen LogP) is 5.75. The van der Waals surface area contributed by atoms with Crippen LogP contribution in [0.5, 0.6) is 0 Å². The van der Waals surface area contributed by atoms with Crippen molar-refractivity contribution in [3.8, 4) is 34.2 Å². The zero-order valence-corrected chi connectivity index (χ0v) is 34.3. The molecule has 9 aromatic rings. The highest BCUT2D eigenvalue weighted by Crippen LogP contribution is 2.51. The second kappa shape index (κ2) is 12.5. The van der Waals surface area contributed by atoms with Crippen molar-refractivity contribution in [1.29, 1.82) is 0 Å². The molecule has 0 spiro atoms. The fraction of sp³-hybridized carbons (Fsp3) is 0.0455. The molecule has 0 bridgehead atoms. The van der Waals surface area contributed by atoms with Gasteiger partial charge in [-0.1, -0.05) is 93.2 Å². The summed E-state index contributed by atoms with van der Waals surface area (Å²) in [4.78, 5) is 20.2. The van der Waals surface area contributed by atoms with Crippen LogP contribution in [0.25, 0.3) is 34.2 Å². The van der Waals surface area contributed by atoms with Crippen LogP contribution in [0.4, 0.5) is 0 Å². The number of nitrogens with zero attached hydrogens (tertiary/aromatic N) is 8. The first-order chi connectivity index (χ1) is 28.6. The second-order valence-electron chi connectivity index (χ2n) is 15.0. The molecule has 4 aliphatic heterocycles. The van der Waals surface area contributed by atoms with Crippen molar-refractivity contribution in [2.75, 3.05) is 0 Å². The molecular formula is C44H28B2N8S4. The van der Waals surface area contributed by atoms with Crippen molar-refractivity contribution in [3.63, 3.8) is 0 Å². The average molecular weight is 819 g/mol. The number of imidazole rings is 2. The van der Waals surface area contributed by atoms with Crippen molar-refractivity contribution in [1.82, 2.24) is 38.7 Å². The molecule has 4 aromatic heterocycles. The Morgan fingerprint density at radius 3 is 1.21 bits per heavy atom. The smallest absolute Gasteiger partial charge is 0.247 e. The first kappa shape index (κ1) is 33.4. The van der Waals surface area contributed by atoms with Gasteiger partial charge in [0.15, 0.2) is 0 Å². The van der Waals surface area contributed by atoms with E-state index in [1.807, 2.05) is 118 Å². The Morgan fingerprint density at radius 2 is 0.845 bits per heavy atom. The standard InChI is InChI=1S/C44H28B2N8S4/c1-51-19-15-47-43(51)25-5-9-33-29(21-25)45-31-23-27(53-17-3-13-49-53)7-11-35(31)57-41-37(45)39(55-33)40-38-42(41)58-36-12-8-28(54-18-4-14-50-54)24-32(36)46(38)30-22-26(6-10-34(30)56-40)44-48-16-20-52(44)2/h3-24H,1-2H3. The van der Waals surface area contributed by atoms with Gasteiger partial charge in [-0.15, -0.1) is 0 Å². The maximum atomic E-state index is 4.77. The zero-order chi connectivity index (χ0) is 38.2. The Hall–Kier alpha value is -5.53. The molecule has 14 heteroatoms. The SMILES string of the molecule is Cn1ccnc1-c1ccc2c(c1)B1c3cc(-n4cccn4)ccc3Sc3c4c5c(c(c31)S2)Sc1ccc(-c2nccn2C)cc1B5c1cc(-n2cccn2)ccc1S4. The van der Waals surface area contributed by atoms with E-state index in [1.165, 1.54) is 71.9 Å². The quantitative estimate of drug-likeness (QED) is 0.208. The summed E-state index contributed by atoms with van der Waals surface area (Å²) in [6.45, 7) is 0.0652. The van der Waals surface area contributed by atoms with Crippen LogP contribution in [0.1, 0.15) is 0 Å². The molecule has 8 heterocycles. The number of aryl methyl sites for hydroxylation is 2. The minimum absolute atomic E-state index is 0.0326. The molecular weight excluding hydrogens is 790 g/mol. The summed E-state index contributed by atoms with van der Waals surface area (Å²) in [5.74, 6) is 1.94. The van der Waals surface area contributed by atoms with Gasteiger partial charge >= 0.3 is 0 Å². The van der Waals surface area contributed by atoms with E-state index < -0.39 is 0 Å². The molecule has 0 amide bonds. The lowest BCUT2D eigenvalue weighted by Crippen LogP contribution is -2.62. The average Bonchev–Trinajstić information content (AvgIpc) is 4.11. The van der Waals surface area contributed by atoms with Crippen molar-refractivity contribution in [2.24, 2.45) is 14.1 Å². The van der Waals surface area contributed by atoms with Gasteiger partial charge in [-0.3, -0.25) is 0 Å². The summed E-state index contributed by atoms with van der Waals surface area (Å²) in [6.07, 6.45) is 15.6. The Balaban J connectivity index is 1.08. The highest BCUT2D eigenvalue weighted by molar-refractivity contribution is 8.05. The molecule has 58 heavy (non-hydrogen) atoms. The molecule has 0 fully saturated rings. The molecule has 0 saturated carbocycles. The molecule has 8 nitrogen and oxygen atoms in total. The Kier molecular flexibility index (Phi) is 7.20. The normalized spacial score (nSPS) is 14.0. The molecule has 274 valence electrons. The van der Waals surface area contributed by atoms with E-state index in [1.54, 1.807) is 0 Å². The molecule has 0 radical (unpaired) electrons. The van der Waals surface area contributed by atoms with Gasteiger partial charge in [0, 0.05) is 114 Å².